The Hall–Kier alpha value is -2.10. The highest BCUT2D eigenvalue weighted by Crippen LogP contribution is 2.33. The van der Waals surface area contributed by atoms with E-state index in [4.69, 9.17) is 4.74 Å². The average molecular weight is 451 g/mol. The lowest BCUT2D eigenvalue weighted by molar-refractivity contribution is 0.330. The van der Waals surface area contributed by atoms with Crippen molar-refractivity contribution in [3.63, 3.8) is 0 Å². The SMILES string of the molecule is CCOc1ccc(NS(=O)(=O)c2ccc3c(c2)CCC3)cc1S(=O)(=O)N1CCCC1. The van der Waals surface area contributed by atoms with Crippen LogP contribution in [0.3, 0.4) is 0 Å². The predicted octanol–water partition coefficient (Wildman–Crippen LogP) is 3.16. The van der Waals surface area contributed by atoms with E-state index in [9.17, 15) is 16.8 Å². The fraction of sp³-hybridized carbons (Fsp3) is 0.429. The molecule has 0 bridgehead atoms. The van der Waals surface area contributed by atoms with Gasteiger partial charge in [0.25, 0.3) is 10.0 Å². The van der Waals surface area contributed by atoms with Gasteiger partial charge in [-0.3, -0.25) is 4.72 Å². The fourth-order valence-electron chi connectivity index (χ4n) is 4.04. The highest BCUT2D eigenvalue weighted by Gasteiger charge is 2.31. The average Bonchev–Trinajstić information content (AvgIpc) is 3.40. The number of sulfonamides is 2. The molecule has 1 saturated heterocycles. The van der Waals surface area contributed by atoms with Crippen LogP contribution in [-0.2, 0) is 32.9 Å². The molecule has 0 aromatic heterocycles. The molecular weight excluding hydrogens is 424 g/mol. The van der Waals surface area contributed by atoms with Crippen LogP contribution in [0.25, 0.3) is 0 Å². The van der Waals surface area contributed by atoms with Crippen LogP contribution in [0.1, 0.15) is 37.3 Å². The number of nitrogens with one attached hydrogen (secondary N) is 1. The van der Waals surface area contributed by atoms with Gasteiger partial charge in [-0.25, -0.2) is 16.8 Å². The van der Waals surface area contributed by atoms with Crippen LogP contribution in [0.2, 0.25) is 0 Å². The molecule has 0 atom stereocenters. The molecule has 162 valence electrons. The van der Waals surface area contributed by atoms with Crippen LogP contribution in [0, 0.1) is 0 Å². The first kappa shape index (κ1) is 21.1. The Morgan fingerprint density at radius 1 is 0.933 bits per heavy atom. The van der Waals surface area contributed by atoms with E-state index in [0.717, 1.165) is 37.7 Å². The van der Waals surface area contributed by atoms with Crippen molar-refractivity contribution in [2.24, 2.45) is 0 Å². The minimum absolute atomic E-state index is 0.0135. The maximum atomic E-state index is 13.1. The summed E-state index contributed by atoms with van der Waals surface area (Å²) in [5.74, 6) is 0.227. The molecule has 1 N–H and O–H groups in total. The Labute approximate surface area is 178 Å². The van der Waals surface area contributed by atoms with Crippen LogP contribution >= 0.6 is 0 Å². The van der Waals surface area contributed by atoms with Crippen LogP contribution in [0.4, 0.5) is 5.69 Å². The first-order chi connectivity index (χ1) is 14.3. The Kier molecular flexibility index (Phi) is 5.78. The molecule has 1 heterocycles. The normalized spacial score (nSPS) is 17.1. The second-order valence-electron chi connectivity index (χ2n) is 7.60. The van der Waals surface area contributed by atoms with Crippen molar-refractivity contribution in [1.29, 1.82) is 0 Å². The summed E-state index contributed by atoms with van der Waals surface area (Å²) in [6.07, 6.45) is 4.50. The molecule has 0 amide bonds. The summed E-state index contributed by atoms with van der Waals surface area (Å²) in [5, 5.41) is 0. The predicted molar refractivity (Wildman–Crippen MR) is 115 cm³/mol. The van der Waals surface area contributed by atoms with Gasteiger partial charge in [0, 0.05) is 13.1 Å². The van der Waals surface area contributed by atoms with Crippen molar-refractivity contribution in [3.8, 4) is 5.75 Å². The second kappa shape index (κ2) is 8.20. The number of anilines is 1. The van der Waals surface area contributed by atoms with E-state index < -0.39 is 20.0 Å². The molecule has 30 heavy (non-hydrogen) atoms. The largest absolute Gasteiger partial charge is 0.492 e. The van der Waals surface area contributed by atoms with Gasteiger partial charge in [-0.15, -0.1) is 0 Å². The molecule has 0 spiro atoms. The molecule has 1 aliphatic carbocycles. The van der Waals surface area contributed by atoms with E-state index >= 15 is 0 Å². The number of hydrogen-bond donors (Lipinski definition) is 1. The molecule has 9 heteroatoms. The molecular formula is C21H26N2O5S2. The van der Waals surface area contributed by atoms with Crippen LogP contribution < -0.4 is 9.46 Å². The van der Waals surface area contributed by atoms with Gasteiger partial charge in [0.2, 0.25) is 10.0 Å². The molecule has 0 radical (unpaired) electrons. The number of rotatable bonds is 7. The van der Waals surface area contributed by atoms with Gasteiger partial charge in [0.05, 0.1) is 17.2 Å². The van der Waals surface area contributed by atoms with Gasteiger partial charge < -0.3 is 4.74 Å². The Morgan fingerprint density at radius 2 is 1.67 bits per heavy atom. The van der Waals surface area contributed by atoms with Crippen LogP contribution in [-0.4, -0.2) is 40.8 Å². The first-order valence-electron chi connectivity index (χ1n) is 10.2. The maximum Gasteiger partial charge on any atom is 0.261 e. The maximum absolute atomic E-state index is 13.1. The molecule has 4 rings (SSSR count). The molecule has 7 nitrogen and oxygen atoms in total. The second-order valence-corrected chi connectivity index (χ2v) is 11.2. The van der Waals surface area contributed by atoms with Crippen molar-refractivity contribution in [2.45, 2.75) is 48.8 Å². The Balaban J connectivity index is 1.67. The zero-order chi connectivity index (χ0) is 21.4. The highest BCUT2D eigenvalue weighted by molar-refractivity contribution is 7.92. The van der Waals surface area contributed by atoms with E-state index in [2.05, 4.69) is 4.72 Å². The topological polar surface area (TPSA) is 92.8 Å². The Bertz CT molecular complexity index is 1150. The molecule has 2 aliphatic rings. The minimum atomic E-state index is -3.84. The smallest absolute Gasteiger partial charge is 0.261 e. The van der Waals surface area contributed by atoms with Crippen molar-refractivity contribution < 1.29 is 21.6 Å². The lowest BCUT2D eigenvalue weighted by Gasteiger charge is -2.19. The van der Waals surface area contributed by atoms with Crippen LogP contribution in [0.15, 0.2) is 46.2 Å². The van der Waals surface area contributed by atoms with Gasteiger partial charge in [0.1, 0.15) is 10.6 Å². The Morgan fingerprint density at radius 3 is 2.40 bits per heavy atom. The number of nitrogens with zero attached hydrogens (tertiary/aromatic N) is 1. The molecule has 1 aliphatic heterocycles. The summed E-state index contributed by atoms with van der Waals surface area (Å²) < 4.78 is 61.6. The summed E-state index contributed by atoms with van der Waals surface area (Å²) in [7, 11) is -7.61. The number of aryl methyl sites for hydroxylation is 2. The fourth-order valence-corrected chi connectivity index (χ4v) is 6.82. The summed E-state index contributed by atoms with van der Waals surface area (Å²) in [5.41, 5.74) is 2.44. The molecule has 0 unspecified atom stereocenters. The summed E-state index contributed by atoms with van der Waals surface area (Å²) in [4.78, 5) is 0.168. The van der Waals surface area contributed by atoms with E-state index in [1.54, 1.807) is 19.1 Å². The van der Waals surface area contributed by atoms with Gasteiger partial charge in [-0.2, -0.15) is 4.31 Å². The van der Waals surface area contributed by atoms with E-state index in [0.29, 0.717) is 19.7 Å². The number of hydrogen-bond acceptors (Lipinski definition) is 5. The molecule has 1 fully saturated rings. The number of benzene rings is 2. The van der Waals surface area contributed by atoms with Gasteiger partial charge in [-0.05, 0) is 80.5 Å². The lowest BCUT2D eigenvalue weighted by Crippen LogP contribution is -2.28. The molecule has 2 aromatic carbocycles. The van der Waals surface area contributed by atoms with Gasteiger partial charge in [-0.1, -0.05) is 6.07 Å². The number of ether oxygens (including phenoxy) is 1. The van der Waals surface area contributed by atoms with Crippen LogP contribution in [0.5, 0.6) is 5.75 Å². The van der Waals surface area contributed by atoms with Gasteiger partial charge >= 0.3 is 0 Å². The quantitative estimate of drug-likeness (QED) is 0.699. The zero-order valence-corrected chi connectivity index (χ0v) is 18.6. The third-order valence-electron chi connectivity index (χ3n) is 5.56. The highest BCUT2D eigenvalue weighted by atomic mass is 32.2. The van der Waals surface area contributed by atoms with Crippen molar-refractivity contribution >= 4 is 25.7 Å². The van der Waals surface area contributed by atoms with Gasteiger partial charge in [0.15, 0.2) is 0 Å². The van der Waals surface area contributed by atoms with E-state index in [1.807, 2.05) is 6.07 Å². The summed E-state index contributed by atoms with van der Waals surface area (Å²) in [6, 6.07) is 9.55. The lowest BCUT2D eigenvalue weighted by atomic mass is 10.1. The molecule has 2 aromatic rings. The number of fused-ring (bicyclic) bond motifs is 1. The van der Waals surface area contributed by atoms with E-state index in [-0.39, 0.29) is 21.2 Å². The van der Waals surface area contributed by atoms with E-state index in [1.165, 1.54) is 28.1 Å². The third kappa shape index (κ3) is 4.06. The van der Waals surface area contributed by atoms with Crippen molar-refractivity contribution in [2.75, 3.05) is 24.4 Å². The minimum Gasteiger partial charge on any atom is -0.492 e. The third-order valence-corrected chi connectivity index (χ3v) is 8.86. The molecule has 0 saturated carbocycles. The summed E-state index contributed by atoms with van der Waals surface area (Å²) >= 11 is 0. The first-order valence-corrected chi connectivity index (χ1v) is 13.2. The summed E-state index contributed by atoms with van der Waals surface area (Å²) in [6.45, 7) is 3.00. The zero-order valence-electron chi connectivity index (χ0n) is 16.9. The van der Waals surface area contributed by atoms with Crippen molar-refractivity contribution in [1.82, 2.24) is 4.31 Å². The van der Waals surface area contributed by atoms with Crippen molar-refractivity contribution in [3.05, 3.63) is 47.5 Å². The monoisotopic (exact) mass is 450 g/mol. The standard InChI is InChI=1S/C21H26N2O5S2/c1-2-28-20-11-9-18(15-21(20)30(26,27)23-12-3-4-13-23)22-29(24,25)19-10-8-16-6-5-7-17(16)14-19/h8-11,14-15,22H,2-7,12-13H2,1H3.